The molecular weight excluding hydrogens is 386 g/mol. The summed E-state index contributed by atoms with van der Waals surface area (Å²) in [4.78, 5) is 27.7. The van der Waals surface area contributed by atoms with Gasteiger partial charge in [-0.25, -0.2) is 0 Å². The van der Waals surface area contributed by atoms with Crippen molar-refractivity contribution in [3.63, 3.8) is 0 Å². The van der Waals surface area contributed by atoms with Crippen molar-refractivity contribution in [2.24, 2.45) is 0 Å². The molecule has 5 nitrogen and oxygen atoms in total. The maximum atomic E-state index is 13.2. The van der Waals surface area contributed by atoms with Crippen LogP contribution in [0.1, 0.15) is 88.3 Å². The number of carbonyl (C=O) groups is 2. The fourth-order valence-corrected chi connectivity index (χ4v) is 4.65. The SMILES string of the molecule is CCNC(=O)c1cc(C(=O)N2CCC(c3ccc(C#N)cc3)CC2)ccc1C1CCC1. The summed E-state index contributed by atoms with van der Waals surface area (Å²) in [6.45, 7) is 3.88. The number of carbonyl (C=O) groups excluding carboxylic acids is 2. The average molecular weight is 416 g/mol. The van der Waals surface area contributed by atoms with Gasteiger partial charge in [0.05, 0.1) is 11.6 Å². The summed E-state index contributed by atoms with van der Waals surface area (Å²) in [7, 11) is 0. The van der Waals surface area contributed by atoms with Gasteiger partial charge >= 0.3 is 0 Å². The third-order valence-corrected chi connectivity index (χ3v) is 6.72. The maximum Gasteiger partial charge on any atom is 0.253 e. The highest BCUT2D eigenvalue weighted by atomic mass is 16.2. The molecular formula is C26H29N3O2. The topological polar surface area (TPSA) is 73.2 Å². The fraction of sp³-hybridized carbons (Fsp3) is 0.423. The van der Waals surface area contributed by atoms with Crippen LogP contribution in [-0.4, -0.2) is 36.3 Å². The van der Waals surface area contributed by atoms with Gasteiger partial charge in [-0.3, -0.25) is 9.59 Å². The number of amides is 2. The van der Waals surface area contributed by atoms with E-state index in [0.29, 0.717) is 48.2 Å². The van der Waals surface area contributed by atoms with E-state index in [1.807, 2.05) is 48.2 Å². The van der Waals surface area contributed by atoms with Gasteiger partial charge in [0.15, 0.2) is 0 Å². The zero-order valence-electron chi connectivity index (χ0n) is 18.1. The van der Waals surface area contributed by atoms with Crippen molar-refractivity contribution in [1.29, 1.82) is 5.26 Å². The zero-order valence-corrected chi connectivity index (χ0v) is 18.1. The lowest BCUT2D eigenvalue weighted by atomic mass is 9.77. The second kappa shape index (κ2) is 9.34. The number of benzene rings is 2. The van der Waals surface area contributed by atoms with Crippen LogP contribution in [0.4, 0.5) is 0 Å². The molecule has 4 rings (SSSR count). The molecule has 5 heteroatoms. The van der Waals surface area contributed by atoms with Crippen LogP contribution in [-0.2, 0) is 0 Å². The van der Waals surface area contributed by atoms with E-state index in [9.17, 15) is 9.59 Å². The number of hydrogen-bond donors (Lipinski definition) is 1. The largest absolute Gasteiger partial charge is 0.352 e. The van der Waals surface area contributed by atoms with Crippen molar-refractivity contribution < 1.29 is 9.59 Å². The van der Waals surface area contributed by atoms with Gasteiger partial charge in [0.2, 0.25) is 0 Å². The van der Waals surface area contributed by atoms with Crippen LogP contribution < -0.4 is 5.32 Å². The van der Waals surface area contributed by atoms with Gasteiger partial charge in [-0.2, -0.15) is 5.26 Å². The van der Waals surface area contributed by atoms with E-state index >= 15 is 0 Å². The Morgan fingerprint density at radius 3 is 2.32 bits per heavy atom. The minimum absolute atomic E-state index is 0.00369. The van der Waals surface area contributed by atoms with Crippen LogP contribution in [0.3, 0.4) is 0 Å². The number of likely N-dealkylation sites (tertiary alicyclic amines) is 1. The predicted molar refractivity (Wildman–Crippen MR) is 120 cm³/mol. The molecule has 1 aliphatic carbocycles. The monoisotopic (exact) mass is 415 g/mol. The number of nitrogens with one attached hydrogen (secondary N) is 1. The van der Waals surface area contributed by atoms with Crippen molar-refractivity contribution in [2.75, 3.05) is 19.6 Å². The third-order valence-electron chi connectivity index (χ3n) is 6.72. The Hall–Kier alpha value is -3.13. The fourth-order valence-electron chi connectivity index (χ4n) is 4.65. The Labute approximate surface area is 184 Å². The first-order chi connectivity index (χ1) is 15.1. The molecule has 1 aliphatic heterocycles. The van der Waals surface area contributed by atoms with Gasteiger partial charge in [-0.1, -0.05) is 24.6 Å². The summed E-state index contributed by atoms with van der Waals surface area (Å²) in [5.41, 5.74) is 4.23. The molecule has 0 unspecified atom stereocenters. The molecule has 2 aromatic carbocycles. The summed E-state index contributed by atoms with van der Waals surface area (Å²) in [5.74, 6) is 0.760. The summed E-state index contributed by atoms with van der Waals surface area (Å²) < 4.78 is 0. The molecule has 1 heterocycles. The van der Waals surface area contributed by atoms with Crippen LogP contribution in [0.15, 0.2) is 42.5 Å². The smallest absolute Gasteiger partial charge is 0.253 e. The first-order valence-corrected chi connectivity index (χ1v) is 11.3. The molecule has 2 aliphatic rings. The Bertz CT molecular complexity index is 994. The Morgan fingerprint density at radius 1 is 1.03 bits per heavy atom. The summed E-state index contributed by atoms with van der Waals surface area (Å²) in [6, 6.07) is 15.6. The molecule has 0 aromatic heterocycles. The van der Waals surface area contributed by atoms with Gasteiger partial charge in [-0.15, -0.1) is 0 Å². The number of nitrogens with zero attached hydrogens (tertiary/aromatic N) is 2. The quantitative estimate of drug-likeness (QED) is 0.776. The maximum absolute atomic E-state index is 13.2. The second-order valence-electron chi connectivity index (χ2n) is 8.59. The number of piperidine rings is 1. The van der Waals surface area contributed by atoms with E-state index in [2.05, 4.69) is 11.4 Å². The normalized spacial score (nSPS) is 17.0. The predicted octanol–water partition coefficient (Wildman–Crippen LogP) is 4.60. The molecule has 0 atom stereocenters. The van der Waals surface area contributed by atoms with Gasteiger partial charge in [0, 0.05) is 30.8 Å². The van der Waals surface area contributed by atoms with Crippen LogP contribution in [0.2, 0.25) is 0 Å². The summed E-state index contributed by atoms with van der Waals surface area (Å²) >= 11 is 0. The summed E-state index contributed by atoms with van der Waals surface area (Å²) in [6.07, 6.45) is 5.24. The molecule has 0 spiro atoms. The van der Waals surface area contributed by atoms with E-state index in [0.717, 1.165) is 31.2 Å². The molecule has 1 N–H and O–H groups in total. The van der Waals surface area contributed by atoms with Gasteiger partial charge < -0.3 is 10.2 Å². The Morgan fingerprint density at radius 2 is 1.74 bits per heavy atom. The van der Waals surface area contributed by atoms with E-state index in [4.69, 9.17) is 5.26 Å². The number of hydrogen-bond acceptors (Lipinski definition) is 3. The minimum Gasteiger partial charge on any atom is -0.352 e. The van der Waals surface area contributed by atoms with Crippen molar-refractivity contribution in [2.45, 2.75) is 50.9 Å². The highest BCUT2D eigenvalue weighted by Gasteiger charge is 2.28. The molecule has 31 heavy (non-hydrogen) atoms. The molecule has 160 valence electrons. The molecule has 2 fully saturated rings. The van der Waals surface area contributed by atoms with E-state index in [1.54, 1.807) is 6.07 Å². The van der Waals surface area contributed by atoms with Gasteiger partial charge in [-0.05, 0) is 79.8 Å². The van der Waals surface area contributed by atoms with Gasteiger partial charge in [0.1, 0.15) is 0 Å². The lowest BCUT2D eigenvalue weighted by Crippen LogP contribution is -2.38. The van der Waals surface area contributed by atoms with E-state index in [-0.39, 0.29) is 11.8 Å². The van der Waals surface area contributed by atoms with Crippen molar-refractivity contribution in [1.82, 2.24) is 10.2 Å². The van der Waals surface area contributed by atoms with Crippen LogP contribution in [0.25, 0.3) is 0 Å². The third kappa shape index (κ3) is 4.49. The van der Waals surface area contributed by atoms with E-state index < -0.39 is 0 Å². The first kappa shape index (κ1) is 21.1. The second-order valence-corrected chi connectivity index (χ2v) is 8.59. The highest BCUT2D eigenvalue weighted by Crippen LogP contribution is 2.38. The molecule has 0 bridgehead atoms. The van der Waals surface area contributed by atoms with Crippen molar-refractivity contribution >= 4 is 11.8 Å². The lowest BCUT2D eigenvalue weighted by Gasteiger charge is -2.33. The molecule has 1 saturated heterocycles. The summed E-state index contributed by atoms with van der Waals surface area (Å²) in [5, 5.41) is 11.9. The Kier molecular flexibility index (Phi) is 6.36. The number of rotatable bonds is 5. The van der Waals surface area contributed by atoms with Crippen molar-refractivity contribution in [3.05, 3.63) is 70.3 Å². The van der Waals surface area contributed by atoms with Crippen LogP contribution in [0.5, 0.6) is 0 Å². The first-order valence-electron chi connectivity index (χ1n) is 11.3. The number of nitriles is 1. The van der Waals surface area contributed by atoms with E-state index in [1.165, 1.54) is 12.0 Å². The van der Waals surface area contributed by atoms with Gasteiger partial charge in [0.25, 0.3) is 11.8 Å². The average Bonchev–Trinajstić information content (AvgIpc) is 2.78. The highest BCUT2D eigenvalue weighted by molar-refractivity contribution is 6.00. The van der Waals surface area contributed by atoms with Crippen molar-refractivity contribution in [3.8, 4) is 6.07 Å². The Balaban J connectivity index is 1.46. The molecule has 0 radical (unpaired) electrons. The zero-order chi connectivity index (χ0) is 21.8. The van der Waals surface area contributed by atoms with Crippen LogP contribution in [0, 0.1) is 11.3 Å². The molecule has 2 aromatic rings. The standard InChI is InChI=1S/C26H29N3O2/c1-2-28-25(30)24-16-22(10-11-23(24)21-4-3-5-21)26(31)29-14-12-20(13-15-29)19-8-6-18(17-27)7-9-19/h6-11,16,20-21H,2-5,12-15H2,1H3,(H,28,30). The minimum atomic E-state index is -0.0847. The van der Waals surface area contributed by atoms with Crippen LogP contribution >= 0.6 is 0 Å². The lowest BCUT2D eigenvalue weighted by molar-refractivity contribution is 0.0713. The molecule has 1 saturated carbocycles. The molecule has 2 amide bonds.